The number of benzene rings is 2. The molecule has 1 atom stereocenters. The maximum atomic E-state index is 12.1. The Balaban J connectivity index is 1.75. The minimum Gasteiger partial charge on any atom is -0.481 e. The summed E-state index contributed by atoms with van der Waals surface area (Å²) in [7, 11) is 0. The zero-order chi connectivity index (χ0) is 28.8. The van der Waals surface area contributed by atoms with Gasteiger partial charge >= 0.3 is 24.1 Å². The van der Waals surface area contributed by atoms with Gasteiger partial charge < -0.3 is 24.1 Å². The van der Waals surface area contributed by atoms with Gasteiger partial charge in [0.05, 0.1) is 24.2 Å². The lowest BCUT2D eigenvalue weighted by Crippen LogP contribution is -2.25. The lowest BCUT2D eigenvalue weighted by molar-refractivity contribution is -0.142. The third-order valence-corrected chi connectivity index (χ3v) is 5.05. The Hall–Kier alpha value is -4.45. The standard InChI is InChI=1S/C27H31NO11/c1-17(2)38-27(34)36-16-35-26(33)21-8-4-19(5-9-21)14-22(25(31)32)10-13-24(30)28-37-15-20-6-11-23(12-7-20)39-18(3)29/h4-9,11-12,17,22H,10,13-16H2,1-3H3,(H,28,30)(H,31,32). The summed E-state index contributed by atoms with van der Waals surface area (Å²) in [4.78, 5) is 63.3. The molecule has 1 amide bonds. The highest BCUT2D eigenvalue weighted by Gasteiger charge is 2.20. The highest BCUT2D eigenvalue weighted by molar-refractivity contribution is 5.89. The number of hydroxylamine groups is 1. The highest BCUT2D eigenvalue weighted by Crippen LogP contribution is 2.17. The van der Waals surface area contributed by atoms with Gasteiger partial charge in [-0.25, -0.2) is 15.1 Å². The average Bonchev–Trinajstić information content (AvgIpc) is 2.87. The van der Waals surface area contributed by atoms with E-state index in [9.17, 15) is 29.1 Å². The monoisotopic (exact) mass is 545 g/mol. The van der Waals surface area contributed by atoms with Crippen molar-refractivity contribution in [1.82, 2.24) is 5.48 Å². The van der Waals surface area contributed by atoms with Crippen LogP contribution in [0.25, 0.3) is 0 Å². The van der Waals surface area contributed by atoms with Crippen molar-refractivity contribution < 1.29 is 52.9 Å². The molecule has 2 aromatic carbocycles. The summed E-state index contributed by atoms with van der Waals surface area (Å²) in [5, 5.41) is 9.57. The number of carboxylic acid groups (broad SMARTS) is 1. The van der Waals surface area contributed by atoms with E-state index in [4.69, 9.17) is 19.0 Å². The molecular formula is C27H31NO11. The number of carbonyl (C=O) groups is 5. The fraction of sp³-hybridized carbons (Fsp3) is 0.370. The smallest absolute Gasteiger partial charge is 0.481 e. The van der Waals surface area contributed by atoms with E-state index >= 15 is 0 Å². The maximum Gasteiger partial charge on any atom is 0.511 e. The Morgan fingerprint density at radius 3 is 2.13 bits per heavy atom. The first kappa shape index (κ1) is 30.8. The molecule has 0 saturated carbocycles. The van der Waals surface area contributed by atoms with Gasteiger partial charge in [-0.15, -0.1) is 0 Å². The van der Waals surface area contributed by atoms with Crippen molar-refractivity contribution in [2.45, 2.75) is 52.7 Å². The molecule has 0 saturated heterocycles. The minimum atomic E-state index is -1.06. The van der Waals surface area contributed by atoms with Crippen LogP contribution in [0.15, 0.2) is 48.5 Å². The van der Waals surface area contributed by atoms with Crippen LogP contribution >= 0.6 is 0 Å². The topological polar surface area (TPSA) is 164 Å². The Morgan fingerprint density at radius 2 is 1.54 bits per heavy atom. The van der Waals surface area contributed by atoms with E-state index in [1.54, 1.807) is 50.2 Å². The second-order valence-corrected chi connectivity index (χ2v) is 8.64. The van der Waals surface area contributed by atoms with Gasteiger partial charge in [-0.3, -0.25) is 19.2 Å². The molecular weight excluding hydrogens is 514 g/mol. The van der Waals surface area contributed by atoms with Crippen LogP contribution in [0.2, 0.25) is 0 Å². The maximum absolute atomic E-state index is 12.1. The molecule has 0 radical (unpaired) electrons. The molecule has 0 heterocycles. The van der Waals surface area contributed by atoms with Gasteiger partial charge in [0.2, 0.25) is 12.7 Å². The number of rotatable bonds is 14. The number of hydrogen-bond acceptors (Lipinski definition) is 10. The zero-order valence-corrected chi connectivity index (χ0v) is 21.8. The number of carboxylic acids is 1. The van der Waals surface area contributed by atoms with E-state index in [0.717, 1.165) is 5.56 Å². The van der Waals surface area contributed by atoms with Gasteiger partial charge in [0.1, 0.15) is 5.75 Å². The second kappa shape index (κ2) is 15.7. The molecule has 0 bridgehead atoms. The summed E-state index contributed by atoms with van der Waals surface area (Å²) in [6.07, 6.45) is -1.21. The SMILES string of the molecule is CC(=O)Oc1ccc(CONC(=O)CCC(Cc2ccc(C(=O)OCOC(=O)OC(C)C)cc2)C(=O)O)cc1. The summed E-state index contributed by atoms with van der Waals surface area (Å²) >= 11 is 0. The van der Waals surface area contributed by atoms with Crippen LogP contribution in [0.3, 0.4) is 0 Å². The molecule has 0 aliphatic carbocycles. The molecule has 0 aliphatic heterocycles. The minimum absolute atomic E-state index is 0.0647. The van der Waals surface area contributed by atoms with Gasteiger partial charge in [0.25, 0.3) is 0 Å². The molecule has 2 aromatic rings. The number of carbonyl (C=O) groups excluding carboxylic acids is 4. The first-order chi connectivity index (χ1) is 18.5. The number of amides is 1. The number of esters is 2. The number of ether oxygens (including phenoxy) is 4. The summed E-state index contributed by atoms with van der Waals surface area (Å²) < 4.78 is 19.2. The highest BCUT2D eigenvalue weighted by atomic mass is 16.8. The fourth-order valence-electron chi connectivity index (χ4n) is 3.19. The van der Waals surface area contributed by atoms with Crippen LogP contribution in [0.1, 0.15) is 55.1 Å². The average molecular weight is 546 g/mol. The van der Waals surface area contributed by atoms with Gasteiger partial charge in [-0.1, -0.05) is 24.3 Å². The van der Waals surface area contributed by atoms with E-state index in [0.29, 0.717) is 11.3 Å². The van der Waals surface area contributed by atoms with Crippen LogP contribution in [0.4, 0.5) is 4.79 Å². The molecule has 39 heavy (non-hydrogen) atoms. The third-order valence-electron chi connectivity index (χ3n) is 5.05. The quantitative estimate of drug-likeness (QED) is 0.154. The molecule has 0 aromatic heterocycles. The Bertz CT molecular complexity index is 1130. The van der Waals surface area contributed by atoms with Crippen LogP contribution in [0.5, 0.6) is 5.75 Å². The van der Waals surface area contributed by atoms with Crippen molar-refractivity contribution in [1.29, 1.82) is 0 Å². The summed E-state index contributed by atoms with van der Waals surface area (Å²) in [6, 6.07) is 12.6. The van der Waals surface area contributed by atoms with Crippen molar-refractivity contribution >= 4 is 30.0 Å². The molecule has 2 N–H and O–H groups in total. The zero-order valence-electron chi connectivity index (χ0n) is 21.8. The Labute approximate surface area is 225 Å². The van der Waals surface area contributed by atoms with Crippen LogP contribution in [-0.2, 0) is 46.5 Å². The summed E-state index contributed by atoms with van der Waals surface area (Å²) in [5.74, 6) is -3.16. The van der Waals surface area contributed by atoms with Crippen molar-refractivity contribution in [3.05, 3.63) is 65.2 Å². The van der Waals surface area contributed by atoms with Gasteiger partial charge in [0.15, 0.2) is 0 Å². The molecule has 0 aliphatic rings. The molecule has 2 rings (SSSR count). The molecule has 210 valence electrons. The third kappa shape index (κ3) is 12.1. The van der Waals surface area contributed by atoms with Gasteiger partial charge in [-0.05, 0) is 62.1 Å². The Kier molecular flexibility index (Phi) is 12.4. The van der Waals surface area contributed by atoms with E-state index in [1.807, 2.05) is 0 Å². The Morgan fingerprint density at radius 1 is 0.897 bits per heavy atom. The number of aliphatic carboxylic acids is 1. The van der Waals surface area contributed by atoms with Crippen LogP contribution in [0, 0.1) is 5.92 Å². The lowest BCUT2D eigenvalue weighted by Gasteiger charge is -2.13. The predicted molar refractivity (Wildman–Crippen MR) is 134 cm³/mol. The predicted octanol–water partition coefficient (Wildman–Crippen LogP) is 3.56. The molecule has 12 nitrogen and oxygen atoms in total. The van der Waals surface area contributed by atoms with Crippen LogP contribution < -0.4 is 10.2 Å². The van der Waals surface area contributed by atoms with Crippen molar-refractivity contribution in [2.75, 3.05) is 6.79 Å². The molecule has 12 heteroatoms. The lowest BCUT2D eigenvalue weighted by atomic mass is 9.94. The first-order valence-corrected chi connectivity index (χ1v) is 12.0. The van der Waals surface area contributed by atoms with Gasteiger partial charge in [0, 0.05) is 13.3 Å². The molecule has 1 unspecified atom stereocenters. The first-order valence-electron chi connectivity index (χ1n) is 12.0. The number of hydrogen-bond donors (Lipinski definition) is 2. The van der Waals surface area contributed by atoms with Gasteiger partial charge in [-0.2, -0.15) is 0 Å². The van der Waals surface area contributed by atoms with Crippen LogP contribution in [-0.4, -0.2) is 48.0 Å². The summed E-state index contributed by atoms with van der Waals surface area (Å²) in [6.45, 7) is 4.04. The summed E-state index contributed by atoms with van der Waals surface area (Å²) in [5.41, 5.74) is 3.83. The van der Waals surface area contributed by atoms with E-state index < -0.39 is 42.7 Å². The largest absolute Gasteiger partial charge is 0.511 e. The van der Waals surface area contributed by atoms with E-state index in [1.165, 1.54) is 19.1 Å². The van der Waals surface area contributed by atoms with E-state index in [-0.39, 0.29) is 37.5 Å². The van der Waals surface area contributed by atoms with E-state index in [2.05, 4.69) is 10.2 Å². The molecule has 0 spiro atoms. The second-order valence-electron chi connectivity index (χ2n) is 8.64. The number of nitrogens with one attached hydrogen (secondary N) is 1. The fourth-order valence-corrected chi connectivity index (χ4v) is 3.19. The van der Waals surface area contributed by atoms with Crippen molar-refractivity contribution in [2.24, 2.45) is 5.92 Å². The normalized spacial score (nSPS) is 11.3. The van der Waals surface area contributed by atoms with Crippen molar-refractivity contribution in [3.63, 3.8) is 0 Å². The molecule has 0 fully saturated rings. The van der Waals surface area contributed by atoms with Crippen molar-refractivity contribution in [3.8, 4) is 5.75 Å².